The van der Waals surface area contributed by atoms with Crippen molar-refractivity contribution in [3.05, 3.63) is 18.0 Å². The van der Waals surface area contributed by atoms with Gasteiger partial charge in [0.25, 0.3) is 0 Å². The van der Waals surface area contributed by atoms with E-state index in [0.717, 1.165) is 17.9 Å². The van der Waals surface area contributed by atoms with Crippen LogP contribution in [0.3, 0.4) is 0 Å². The fraction of sp³-hybridized carbons (Fsp3) is 0.714. The zero-order valence-corrected chi connectivity index (χ0v) is 12.5. The Morgan fingerprint density at radius 3 is 2.91 bits per heavy atom. The van der Waals surface area contributed by atoms with Gasteiger partial charge in [0.2, 0.25) is 5.91 Å². The number of nitrogens with zero attached hydrogens (tertiary/aromatic N) is 3. The molecule has 124 valence electrons. The van der Waals surface area contributed by atoms with E-state index in [4.69, 9.17) is 4.52 Å². The van der Waals surface area contributed by atoms with E-state index in [1.807, 2.05) is 4.90 Å². The number of hydrogen-bond donors (Lipinski definition) is 0. The minimum absolute atomic E-state index is 0.0664. The fourth-order valence-electron chi connectivity index (χ4n) is 2.76. The van der Waals surface area contributed by atoms with Crippen LogP contribution in [0.1, 0.15) is 25.5 Å². The Morgan fingerprint density at radius 1 is 1.55 bits per heavy atom. The molecular formula is C14H20F3N3O2. The van der Waals surface area contributed by atoms with Crippen LogP contribution in [-0.2, 0) is 11.3 Å². The summed E-state index contributed by atoms with van der Waals surface area (Å²) >= 11 is 0. The minimum Gasteiger partial charge on any atom is -0.360 e. The van der Waals surface area contributed by atoms with Crippen molar-refractivity contribution in [3.63, 3.8) is 0 Å². The van der Waals surface area contributed by atoms with Crippen molar-refractivity contribution in [2.45, 2.75) is 32.5 Å². The number of likely N-dealkylation sites (tertiary alicyclic amines) is 1. The van der Waals surface area contributed by atoms with Gasteiger partial charge in [-0.05, 0) is 26.3 Å². The van der Waals surface area contributed by atoms with Gasteiger partial charge in [-0.3, -0.25) is 9.69 Å². The van der Waals surface area contributed by atoms with E-state index in [9.17, 15) is 18.0 Å². The summed E-state index contributed by atoms with van der Waals surface area (Å²) in [5, 5.41) is 3.62. The van der Waals surface area contributed by atoms with Crippen LogP contribution in [0.2, 0.25) is 0 Å². The van der Waals surface area contributed by atoms with E-state index in [1.54, 1.807) is 19.2 Å². The van der Waals surface area contributed by atoms with Crippen LogP contribution in [0.15, 0.2) is 16.8 Å². The summed E-state index contributed by atoms with van der Waals surface area (Å²) in [5.41, 5.74) is 0. The van der Waals surface area contributed by atoms with Gasteiger partial charge in [0, 0.05) is 19.2 Å². The second-order valence-electron chi connectivity index (χ2n) is 5.52. The number of carbonyl (C=O) groups is 1. The molecular weight excluding hydrogens is 299 g/mol. The highest BCUT2D eigenvalue weighted by molar-refractivity contribution is 5.79. The Hall–Kier alpha value is -1.57. The SMILES string of the molecule is CCN(CC(F)(F)F)C(=O)[C@@H]1CCCN(Cc2ccno2)C1. The molecule has 1 aromatic rings. The lowest BCUT2D eigenvalue weighted by atomic mass is 9.96. The van der Waals surface area contributed by atoms with Crippen molar-refractivity contribution in [1.82, 2.24) is 15.0 Å². The van der Waals surface area contributed by atoms with Crippen molar-refractivity contribution in [1.29, 1.82) is 0 Å². The molecule has 0 aromatic carbocycles. The molecule has 0 aliphatic carbocycles. The Kier molecular flexibility index (Phi) is 5.44. The Balaban J connectivity index is 1.94. The van der Waals surface area contributed by atoms with Gasteiger partial charge in [0.15, 0.2) is 5.76 Å². The first-order valence-electron chi connectivity index (χ1n) is 7.36. The minimum atomic E-state index is -4.36. The average Bonchev–Trinajstić information content (AvgIpc) is 2.96. The first-order chi connectivity index (χ1) is 10.4. The van der Waals surface area contributed by atoms with Crippen LogP contribution >= 0.6 is 0 Å². The quantitative estimate of drug-likeness (QED) is 0.835. The molecule has 1 fully saturated rings. The molecule has 0 radical (unpaired) electrons. The van der Waals surface area contributed by atoms with E-state index in [-0.39, 0.29) is 12.5 Å². The molecule has 22 heavy (non-hydrogen) atoms. The van der Waals surface area contributed by atoms with Crippen LogP contribution in [0.25, 0.3) is 0 Å². The zero-order valence-electron chi connectivity index (χ0n) is 12.5. The molecule has 8 heteroatoms. The smallest absolute Gasteiger partial charge is 0.360 e. The van der Waals surface area contributed by atoms with Crippen molar-refractivity contribution in [2.75, 3.05) is 26.2 Å². The highest BCUT2D eigenvalue weighted by Crippen LogP contribution is 2.23. The van der Waals surface area contributed by atoms with Crippen LogP contribution < -0.4 is 0 Å². The summed E-state index contributed by atoms with van der Waals surface area (Å²) < 4.78 is 42.6. The number of piperidine rings is 1. The molecule has 0 saturated carbocycles. The molecule has 1 saturated heterocycles. The molecule has 0 unspecified atom stereocenters. The van der Waals surface area contributed by atoms with Gasteiger partial charge in [0.05, 0.1) is 18.7 Å². The first kappa shape index (κ1) is 16.8. The Labute approximate surface area is 127 Å². The predicted molar refractivity (Wildman–Crippen MR) is 72.8 cm³/mol. The molecule has 1 aliphatic rings. The third-order valence-electron chi connectivity index (χ3n) is 3.79. The number of halogens is 3. The Morgan fingerprint density at radius 2 is 2.32 bits per heavy atom. The molecule has 0 bridgehead atoms. The molecule has 5 nitrogen and oxygen atoms in total. The topological polar surface area (TPSA) is 49.6 Å². The van der Waals surface area contributed by atoms with Gasteiger partial charge >= 0.3 is 6.18 Å². The van der Waals surface area contributed by atoms with E-state index >= 15 is 0 Å². The first-order valence-corrected chi connectivity index (χ1v) is 7.36. The zero-order chi connectivity index (χ0) is 16.2. The molecule has 0 N–H and O–H groups in total. The van der Waals surface area contributed by atoms with Crippen molar-refractivity contribution in [3.8, 4) is 0 Å². The molecule has 2 heterocycles. The van der Waals surface area contributed by atoms with Gasteiger partial charge in [-0.15, -0.1) is 0 Å². The second-order valence-corrected chi connectivity index (χ2v) is 5.52. The summed E-state index contributed by atoms with van der Waals surface area (Å²) in [6.07, 6.45) is -1.40. The Bertz CT molecular complexity index is 476. The molecule has 1 amide bonds. The summed E-state index contributed by atoms with van der Waals surface area (Å²) in [6, 6.07) is 1.74. The monoisotopic (exact) mass is 319 g/mol. The molecule has 0 spiro atoms. The molecule has 1 aromatic heterocycles. The number of aromatic nitrogens is 1. The molecule has 2 rings (SSSR count). The second kappa shape index (κ2) is 7.13. The van der Waals surface area contributed by atoms with Crippen LogP contribution in [0.5, 0.6) is 0 Å². The van der Waals surface area contributed by atoms with Gasteiger partial charge in [-0.2, -0.15) is 13.2 Å². The third-order valence-corrected chi connectivity index (χ3v) is 3.79. The summed E-state index contributed by atoms with van der Waals surface area (Å²) in [4.78, 5) is 15.2. The van der Waals surface area contributed by atoms with Gasteiger partial charge in [-0.25, -0.2) is 0 Å². The highest BCUT2D eigenvalue weighted by Gasteiger charge is 2.36. The van der Waals surface area contributed by atoms with E-state index in [2.05, 4.69) is 5.16 Å². The summed E-state index contributed by atoms with van der Waals surface area (Å²) in [7, 11) is 0. The van der Waals surface area contributed by atoms with E-state index < -0.39 is 18.6 Å². The van der Waals surface area contributed by atoms with Crippen molar-refractivity contribution in [2.24, 2.45) is 5.92 Å². The number of hydrogen-bond acceptors (Lipinski definition) is 4. The number of carbonyl (C=O) groups excluding carboxylic acids is 1. The van der Waals surface area contributed by atoms with Gasteiger partial charge in [-0.1, -0.05) is 5.16 Å². The van der Waals surface area contributed by atoms with Gasteiger partial charge < -0.3 is 9.42 Å². The summed E-state index contributed by atoms with van der Waals surface area (Å²) in [6.45, 7) is 2.23. The molecule has 1 atom stereocenters. The van der Waals surface area contributed by atoms with E-state index in [1.165, 1.54) is 0 Å². The average molecular weight is 319 g/mol. The summed E-state index contributed by atoms with van der Waals surface area (Å²) in [5.74, 6) is -0.114. The molecule has 1 aliphatic heterocycles. The van der Waals surface area contributed by atoms with Gasteiger partial charge in [0.1, 0.15) is 6.54 Å². The standard InChI is InChI=1S/C14H20F3N3O2/c1-2-20(10-14(15,16)17)13(21)11-4-3-7-19(8-11)9-12-5-6-18-22-12/h5-6,11H,2-4,7-10H2,1H3/t11-/m1/s1. The third kappa shape index (κ3) is 4.72. The lowest BCUT2D eigenvalue weighted by molar-refractivity contribution is -0.164. The lowest BCUT2D eigenvalue weighted by Gasteiger charge is -2.34. The normalized spacial score (nSPS) is 20.1. The fourth-order valence-corrected chi connectivity index (χ4v) is 2.76. The number of alkyl halides is 3. The maximum Gasteiger partial charge on any atom is 0.406 e. The maximum absolute atomic E-state index is 12.5. The maximum atomic E-state index is 12.5. The van der Waals surface area contributed by atoms with E-state index in [0.29, 0.717) is 25.3 Å². The highest BCUT2D eigenvalue weighted by atomic mass is 19.4. The largest absolute Gasteiger partial charge is 0.406 e. The van der Waals surface area contributed by atoms with Crippen molar-refractivity contribution < 1.29 is 22.5 Å². The number of amides is 1. The lowest BCUT2D eigenvalue weighted by Crippen LogP contribution is -2.47. The predicted octanol–water partition coefficient (Wildman–Crippen LogP) is 2.30. The van der Waals surface area contributed by atoms with Crippen LogP contribution in [0, 0.1) is 5.92 Å². The number of rotatable bonds is 5. The van der Waals surface area contributed by atoms with Crippen molar-refractivity contribution >= 4 is 5.91 Å². The van der Waals surface area contributed by atoms with Crippen LogP contribution in [0.4, 0.5) is 13.2 Å². The van der Waals surface area contributed by atoms with Crippen LogP contribution in [-0.4, -0.2) is 53.2 Å².